The number of Topliss-reactive ketones (excluding diaryl/α,β-unsaturated/α-hetero) is 1. The highest BCUT2D eigenvalue weighted by molar-refractivity contribution is 6.42. The van der Waals surface area contributed by atoms with Crippen LogP contribution in [0.25, 0.3) is 11.0 Å². The van der Waals surface area contributed by atoms with Crippen LogP contribution in [-0.4, -0.2) is 40.0 Å². The molecule has 2 aliphatic heterocycles. The fraction of sp³-hybridized carbons (Fsp3) is 0.526. The Hall–Kier alpha value is -1.84. The summed E-state index contributed by atoms with van der Waals surface area (Å²) >= 11 is 12.0. The van der Waals surface area contributed by atoms with E-state index < -0.39 is 30.0 Å². The minimum absolute atomic E-state index is 0.0168. The third-order valence-corrected chi connectivity index (χ3v) is 6.41. The van der Waals surface area contributed by atoms with E-state index in [4.69, 9.17) is 23.2 Å². The number of carbonyl (C=O) groups is 2. The molecule has 11 heteroatoms. The number of imidazole rings is 1. The molecule has 2 unspecified atom stereocenters. The third kappa shape index (κ3) is 3.46. The Balaban J connectivity index is 1.70. The molecular formula is C19H19Cl2F3N4O2. The zero-order valence-electron chi connectivity index (χ0n) is 15.8. The Bertz CT molecular complexity index is 1020. The topological polar surface area (TPSA) is 76.0 Å². The lowest BCUT2D eigenvalue weighted by Gasteiger charge is -2.33. The number of hydrogen-bond donors (Lipinski definition) is 2. The van der Waals surface area contributed by atoms with Gasteiger partial charge in [-0.15, -0.1) is 0 Å². The first kappa shape index (κ1) is 21.4. The number of amides is 1. The van der Waals surface area contributed by atoms with Gasteiger partial charge in [-0.05, 0) is 37.9 Å². The van der Waals surface area contributed by atoms with Crippen molar-refractivity contribution in [3.05, 3.63) is 28.0 Å². The number of aromatic nitrogens is 2. The monoisotopic (exact) mass is 462 g/mol. The molecular weight excluding hydrogens is 444 g/mol. The lowest BCUT2D eigenvalue weighted by atomic mass is 9.99. The average molecular weight is 463 g/mol. The van der Waals surface area contributed by atoms with Gasteiger partial charge in [0.15, 0.2) is 5.78 Å². The van der Waals surface area contributed by atoms with Crippen LogP contribution >= 0.6 is 23.2 Å². The van der Waals surface area contributed by atoms with Gasteiger partial charge in [-0.3, -0.25) is 14.2 Å². The van der Waals surface area contributed by atoms with Gasteiger partial charge in [0.25, 0.3) is 5.66 Å². The molecule has 1 aromatic heterocycles. The van der Waals surface area contributed by atoms with Crippen LogP contribution in [0, 0.1) is 0 Å². The van der Waals surface area contributed by atoms with Crippen LogP contribution in [0.3, 0.4) is 0 Å². The molecule has 2 aliphatic rings. The number of alkyl halides is 3. The summed E-state index contributed by atoms with van der Waals surface area (Å²) in [7, 11) is 0. The highest BCUT2D eigenvalue weighted by Gasteiger charge is 2.66. The maximum Gasteiger partial charge on any atom is 0.438 e. The third-order valence-electron chi connectivity index (χ3n) is 5.69. The first-order valence-electron chi connectivity index (χ1n) is 9.65. The van der Waals surface area contributed by atoms with Gasteiger partial charge >= 0.3 is 6.18 Å². The van der Waals surface area contributed by atoms with Gasteiger partial charge in [-0.1, -0.05) is 29.6 Å². The molecule has 0 bridgehead atoms. The SMILES string of the molecule is O=C(CCC1CCCCN1)NC1(C(F)(F)F)C(=O)Cc2nc3cc(Cl)c(Cl)cc3n21. The van der Waals surface area contributed by atoms with E-state index in [0.29, 0.717) is 6.42 Å². The second kappa shape index (κ2) is 7.69. The standard InChI is InChI=1S/C19H19Cl2F3N4O2/c20-11-7-13-14(8-12(11)21)28-16(26-13)9-15(29)18(28,19(22,23)24)27-17(30)5-4-10-3-1-2-6-25-10/h7-8,10,25H,1-6,9H2,(H,27,30). The maximum absolute atomic E-state index is 14.3. The van der Waals surface area contributed by atoms with Gasteiger partial charge in [-0.2, -0.15) is 13.2 Å². The number of ketones is 1. The van der Waals surface area contributed by atoms with Gasteiger partial charge < -0.3 is 10.6 Å². The summed E-state index contributed by atoms with van der Waals surface area (Å²) in [5.74, 6) is -2.13. The quantitative estimate of drug-likeness (QED) is 0.725. The van der Waals surface area contributed by atoms with Crippen LogP contribution in [0.1, 0.15) is 37.9 Å². The highest BCUT2D eigenvalue weighted by Crippen LogP contribution is 2.44. The van der Waals surface area contributed by atoms with Crippen molar-refractivity contribution in [2.45, 2.75) is 56.4 Å². The Morgan fingerprint density at radius 2 is 2.03 bits per heavy atom. The number of carbonyl (C=O) groups excluding carboxylic acids is 2. The molecule has 2 N–H and O–H groups in total. The summed E-state index contributed by atoms with van der Waals surface area (Å²) in [5.41, 5.74) is -3.07. The highest BCUT2D eigenvalue weighted by atomic mass is 35.5. The Morgan fingerprint density at radius 1 is 1.30 bits per heavy atom. The molecule has 1 saturated heterocycles. The fourth-order valence-electron chi connectivity index (χ4n) is 4.23. The van der Waals surface area contributed by atoms with Gasteiger partial charge in [0.05, 0.1) is 27.5 Å². The molecule has 4 rings (SSSR count). The number of fused-ring (bicyclic) bond motifs is 3. The first-order valence-corrected chi connectivity index (χ1v) is 10.4. The molecule has 162 valence electrons. The number of nitrogens with zero attached hydrogens (tertiary/aromatic N) is 2. The van der Waals surface area contributed by atoms with Crippen LogP contribution in [0.2, 0.25) is 10.0 Å². The fourth-order valence-corrected chi connectivity index (χ4v) is 4.55. The van der Waals surface area contributed by atoms with Crippen molar-refractivity contribution in [2.75, 3.05) is 6.54 Å². The molecule has 3 heterocycles. The zero-order valence-corrected chi connectivity index (χ0v) is 17.3. The van der Waals surface area contributed by atoms with Crippen molar-refractivity contribution in [1.29, 1.82) is 0 Å². The van der Waals surface area contributed by atoms with Gasteiger partial charge in [-0.25, -0.2) is 4.98 Å². The maximum atomic E-state index is 14.3. The van der Waals surface area contributed by atoms with E-state index in [1.165, 1.54) is 12.1 Å². The molecule has 30 heavy (non-hydrogen) atoms. The lowest BCUT2D eigenvalue weighted by molar-refractivity contribution is -0.218. The number of halogens is 5. The van der Waals surface area contributed by atoms with E-state index in [1.807, 2.05) is 5.32 Å². The molecule has 0 saturated carbocycles. The average Bonchev–Trinajstić information content (AvgIpc) is 3.15. The summed E-state index contributed by atoms with van der Waals surface area (Å²) in [6, 6.07) is 2.65. The zero-order chi connectivity index (χ0) is 21.7. The minimum atomic E-state index is -5.08. The van der Waals surface area contributed by atoms with E-state index in [9.17, 15) is 22.8 Å². The van der Waals surface area contributed by atoms with Gasteiger partial charge in [0, 0.05) is 12.5 Å². The normalized spacial score (nSPS) is 24.3. The van der Waals surface area contributed by atoms with E-state index in [0.717, 1.165) is 30.4 Å². The summed E-state index contributed by atoms with van der Waals surface area (Å²) in [6.45, 7) is 0.824. The summed E-state index contributed by atoms with van der Waals surface area (Å²) < 4.78 is 43.7. The lowest BCUT2D eigenvalue weighted by Crippen LogP contribution is -2.62. The number of rotatable bonds is 4. The molecule has 1 fully saturated rings. The van der Waals surface area contributed by atoms with E-state index in [-0.39, 0.29) is 39.4 Å². The molecule has 1 amide bonds. The van der Waals surface area contributed by atoms with Crippen molar-refractivity contribution in [3.8, 4) is 0 Å². The van der Waals surface area contributed by atoms with Crippen LogP contribution in [0.4, 0.5) is 13.2 Å². The molecule has 1 aromatic carbocycles. The van der Waals surface area contributed by atoms with E-state index in [1.54, 1.807) is 0 Å². The van der Waals surface area contributed by atoms with E-state index >= 15 is 0 Å². The van der Waals surface area contributed by atoms with Crippen molar-refractivity contribution >= 4 is 45.9 Å². The number of nitrogens with one attached hydrogen (secondary N) is 2. The van der Waals surface area contributed by atoms with E-state index in [2.05, 4.69) is 10.3 Å². The molecule has 2 aromatic rings. The second-order valence-corrected chi connectivity index (χ2v) is 8.47. The van der Waals surface area contributed by atoms with Crippen LogP contribution in [-0.2, 0) is 21.7 Å². The van der Waals surface area contributed by atoms with Crippen LogP contribution < -0.4 is 10.6 Å². The molecule has 2 atom stereocenters. The summed E-state index contributed by atoms with van der Waals surface area (Å²) in [6.07, 6.45) is -2.45. The predicted octanol–water partition coefficient (Wildman–Crippen LogP) is 3.72. The molecule has 0 radical (unpaired) electrons. The molecule has 0 spiro atoms. The van der Waals surface area contributed by atoms with Gasteiger partial charge in [0.2, 0.25) is 5.91 Å². The molecule has 6 nitrogen and oxygen atoms in total. The largest absolute Gasteiger partial charge is 0.438 e. The van der Waals surface area contributed by atoms with Crippen molar-refractivity contribution in [3.63, 3.8) is 0 Å². The minimum Gasteiger partial charge on any atom is -0.319 e. The number of piperidine rings is 1. The van der Waals surface area contributed by atoms with Crippen LogP contribution in [0.15, 0.2) is 12.1 Å². The van der Waals surface area contributed by atoms with Crippen molar-refractivity contribution in [1.82, 2.24) is 20.2 Å². The Morgan fingerprint density at radius 3 is 2.70 bits per heavy atom. The summed E-state index contributed by atoms with van der Waals surface area (Å²) in [5, 5.41) is 5.41. The number of hydrogen-bond acceptors (Lipinski definition) is 4. The molecule has 0 aliphatic carbocycles. The second-order valence-electron chi connectivity index (χ2n) is 7.66. The first-order chi connectivity index (χ1) is 14.1. The van der Waals surface area contributed by atoms with Gasteiger partial charge in [0.1, 0.15) is 5.82 Å². The Labute approximate surface area is 180 Å². The smallest absolute Gasteiger partial charge is 0.319 e. The summed E-state index contributed by atoms with van der Waals surface area (Å²) in [4.78, 5) is 29.3. The van der Waals surface area contributed by atoms with Crippen molar-refractivity contribution < 1.29 is 22.8 Å². The van der Waals surface area contributed by atoms with Crippen molar-refractivity contribution in [2.24, 2.45) is 0 Å². The Kier molecular flexibility index (Phi) is 5.48. The van der Waals surface area contributed by atoms with Crippen LogP contribution in [0.5, 0.6) is 0 Å². The number of benzene rings is 1. The predicted molar refractivity (Wildman–Crippen MR) is 106 cm³/mol.